The van der Waals surface area contributed by atoms with Gasteiger partial charge in [0.15, 0.2) is 0 Å². The van der Waals surface area contributed by atoms with Crippen molar-refractivity contribution in [2.24, 2.45) is 0 Å². The van der Waals surface area contributed by atoms with E-state index >= 15 is 0 Å². The van der Waals surface area contributed by atoms with Gasteiger partial charge in [0.1, 0.15) is 0 Å². The van der Waals surface area contributed by atoms with Crippen molar-refractivity contribution in [1.82, 2.24) is 9.47 Å². The van der Waals surface area contributed by atoms with Gasteiger partial charge in [0.2, 0.25) is 0 Å². The number of fused-ring (bicyclic) bond motifs is 1. The number of aryl methyl sites for hydroxylation is 3. The minimum absolute atomic E-state index is 0.318. The summed E-state index contributed by atoms with van der Waals surface area (Å²) in [6, 6.07) is 22.4. The molecule has 1 unspecified atom stereocenters. The summed E-state index contributed by atoms with van der Waals surface area (Å²) in [7, 11) is 0. The zero-order valence-corrected chi connectivity index (χ0v) is 15.2. The van der Waals surface area contributed by atoms with Crippen molar-refractivity contribution in [2.45, 2.75) is 39.4 Å². The molecule has 1 aliphatic heterocycles. The monoisotopic (exact) mass is 330 g/mol. The highest BCUT2D eigenvalue weighted by atomic mass is 15.2. The van der Waals surface area contributed by atoms with Gasteiger partial charge < -0.3 is 4.57 Å². The van der Waals surface area contributed by atoms with Gasteiger partial charge in [0, 0.05) is 31.5 Å². The summed E-state index contributed by atoms with van der Waals surface area (Å²) >= 11 is 0. The smallest absolute Gasteiger partial charge is 0.0761 e. The minimum Gasteiger partial charge on any atom is -0.350 e. The Morgan fingerprint density at radius 2 is 1.60 bits per heavy atom. The van der Waals surface area contributed by atoms with Crippen LogP contribution in [0.5, 0.6) is 0 Å². The molecule has 0 N–H and O–H groups in total. The first-order valence-corrected chi connectivity index (χ1v) is 9.23. The Morgan fingerprint density at radius 1 is 0.840 bits per heavy atom. The zero-order chi connectivity index (χ0) is 17.2. The SMILES string of the molecule is Cc1ccccc1CN1CCCn2cccc2C1c1ccccc1C. The number of rotatable bonds is 3. The van der Waals surface area contributed by atoms with Gasteiger partial charge in [0.05, 0.1) is 6.04 Å². The first kappa shape index (κ1) is 16.2. The highest BCUT2D eigenvalue weighted by molar-refractivity contribution is 5.36. The molecule has 25 heavy (non-hydrogen) atoms. The van der Waals surface area contributed by atoms with Crippen LogP contribution in [-0.4, -0.2) is 16.0 Å². The fourth-order valence-corrected chi connectivity index (χ4v) is 4.07. The molecule has 2 heteroatoms. The van der Waals surface area contributed by atoms with Crippen LogP contribution in [0.2, 0.25) is 0 Å². The summed E-state index contributed by atoms with van der Waals surface area (Å²) in [4.78, 5) is 2.66. The fourth-order valence-electron chi connectivity index (χ4n) is 4.07. The Hall–Kier alpha value is -2.32. The van der Waals surface area contributed by atoms with Crippen LogP contribution in [0, 0.1) is 13.8 Å². The molecule has 0 aliphatic carbocycles. The number of nitrogens with zero attached hydrogens (tertiary/aromatic N) is 2. The Morgan fingerprint density at radius 3 is 2.40 bits per heavy atom. The zero-order valence-electron chi connectivity index (χ0n) is 15.2. The molecule has 1 aliphatic rings. The van der Waals surface area contributed by atoms with E-state index in [0.717, 1.165) is 19.6 Å². The van der Waals surface area contributed by atoms with E-state index in [0.29, 0.717) is 6.04 Å². The van der Waals surface area contributed by atoms with Crippen LogP contribution in [0.25, 0.3) is 0 Å². The molecule has 2 nitrogen and oxygen atoms in total. The van der Waals surface area contributed by atoms with Crippen LogP contribution in [0.4, 0.5) is 0 Å². The lowest BCUT2D eigenvalue weighted by atomic mass is 9.96. The van der Waals surface area contributed by atoms with Crippen molar-refractivity contribution >= 4 is 0 Å². The predicted molar refractivity (Wildman–Crippen MR) is 104 cm³/mol. The third-order valence-electron chi connectivity index (χ3n) is 5.47. The number of aromatic nitrogens is 1. The minimum atomic E-state index is 0.318. The summed E-state index contributed by atoms with van der Waals surface area (Å²) in [5, 5.41) is 0. The van der Waals surface area contributed by atoms with Crippen LogP contribution >= 0.6 is 0 Å². The maximum Gasteiger partial charge on any atom is 0.0761 e. The molecule has 2 aromatic carbocycles. The maximum atomic E-state index is 2.66. The van der Waals surface area contributed by atoms with E-state index in [4.69, 9.17) is 0 Å². The van der Waals surface area contributed by atoms with Crippen LogP contribution in [0.3, 0.4) is 0 Å². The van der Waals surface area contributed by atoms with E-state index in [1.807, 2.05) is 0 Å². The third kappa shape index (κ3) is 3.14. The summed E-state index contributed by atoms with van der Waals surface area (Å²) < 4.78 is 2.44. The second-order valence-electron chi connectivity index (χ2n) is 7.14. The molecule has 4 rings (SSSR count). The van der Waals surface area contributed by atoms with E-state index in [9.17, 15) is 0 Å². The molecular weight excluding hydrogens is 304 g/mol. The van der Waals surface area contributed by atoms with E-state index in [1.165, 1.54) is 34.4 Å². The summed E-state index contributed by atoms with van der Waals surface area (Å²) in [5.41, 5.74) is 7.03. The Balaban J connectivity index is 1.78. The lowest BCUT2D eigenvalue weighted by molar-refractivity contribution is 0.219. The first-order chi connectivity index (χ1) is 12.2. The molecule has 0 saturated heterocycles. The van der Waals surface area contributed by atoms with Gasteiger partial charge in [-0.25, -0.2) is 0 Å². The molecule has 1 aromatic heterocycles. The van der Waals surface area contributed by atoms with Crippen LogP contribution in [-0.2, 0) is 13.1 Å². The van der Waals surface area contributed by atoms with Gasteiger partial charge in [-0.2, -0.15) is 0 Å². The van der Waals surface area contributed by atoms with E-state index < -0.39 is 0 Å². The van der Waals surface area contributed by atoms with E-state index in [1.54, 1.807) is 0 Å². The van der Waals surface area contributed by atoms with Crippen molar-refractivity contribution in [1.29, 1.82) is 0 Å². The summed E-state index contributed by atoms with van der Waals surface area (Å²) in [6.45, 7) is 7.68. The van der Waals surface area contributed by atoms with Crippen LogP contribution < -0.4 is 0 Å². The number of benzene rings is 2. The molecule has 0 bridgehead atoms. The van der Waals surface area contributed by atoms with Gasteiger partial charge in [0.25, 0.3) is 0 Å². The average molecular weight is 330 g/mol. The second-order valence-corrected chi connectivity index (χ2v) is 7.14. The molecule has 128 valence electrons. The molecule has 2 heterocycles. The lowest BCUT2D eigenvalue weighted by Gasteiger charge is -2.32. The Labute approximate surface area is 150 Å². The van der Waals surface area contributed by atoms with Gasteiger partial charge in [-0.1, -0.05) is 48.5 Å². The molecule has 0 spiro atoms. The van der Waals surface area contributed by atoms with Crippen molar-refractivity contribution in [3.05, 3.63) is 94.8 Å². The fraction of sp³-hybridized carbons (Fsp3) is 0.304. The number of hydrogen-bond donors (Lipinski definition) is 0. The molecule has 0 fully saturated rings. The van der Waals surface area contributed by atoms with Crippen molar-refractivity contribution in [3.63, 3.8) is 0 Å². The molecule has 3 aromatic rings. The van der Waals surface area contributed by atoms with Crippen molar-refractivity contribution in [2.75, 3.05) is 6.54 Å². The normalized spacial score (nSPS) is 17.9. The van der Waals surface area contributed by atoms with Gasteiger partial charge in [-0.3, -0.25) is 4.90 Å². The first-order valence-electron chi connectivity index (χ1n) is 9.23. The molecule has 0 radical (unpaired) electrons. The molecule has 1 atom stereocenters. The van der Waals surface area contributed by atoms with Gasteiger partial charge in [-0.05, 0) is 54.7 Å². The Kier molecular flexibility index (Phi) is 4.46. The standard InChI is InChI=1S/C23H26N2/c1-18-9-3-5-11-20(18)17-25-16-8-15-24-14-7-13-22(24)23(25)21-12-6-4-10-19(21)2/h3-7,9-14,23H,8,15-17H2,1-2H3. The van der Waals surface area contributed by atoms with Crippen LogP contribution in [0.1, 0.15) is 40.4 Å². The highest BCUT2D eigenvalue weighted by Gasteiger charge is 2.28. The molecule has 0 saturated carbocycles. The quantitative estimate of drug-likeness (QED) is 0.648. The topological polar surface area (TPSA) is 8.17 Å². The molecular formula is C23H26N2. The van der Waals surface area contributed by atoms with E-state index in [2.05, 4.69) is 90.2 Å². The Bertz CT molecular complexity index is 862. The lowest BCUT2D eigenvalue weighted by Crippen LogP contribution is -2.30. The average Bonchev–Trinajstić information content (AvgIpc) is 3.00. The van der Waals surface area contributed by atoms with Crippen molar-refractivity contribution < 1.29 is 0 Å². The highest BCUT2D eigenvalue weighted by Crippen LogP contribution is 2.34. The number of hydrogen-bond acceptors (Lipinski definition) is 1. The van der Waals surface area contributed by atoms with E-state index in [-0.39, 0.29) is 0 Å². The van der Waals surface area contributed by atoms with Gasteiger partial charge >= 0.3 is 0 Å². The predicted octanol–water partition coefficient (Wildman–Crippen LogP) is 5.10. The summed E-state index contributed by atoms with van der Waals surface area (Å²) in [5.74, 6) is 0. The van der Waals surface area contributed by atoms with Gasteiger partial charge in [-0.15, -0.1) is 0 Å². The third-order valence-corrected chi connectivity index (χ3v) is 5.47. The second kappa shape index (κ2) is 6.89. The molecule has 0 amide bonds. The largest absolute Gasteiger partial charge is 0.350 e. The summed E-state index contributed by atoms with van der Waals surface area (Å²) in [6.07, 6.45) is 3.42. The maximum absolute atomic E-state index is 2.66. The van der Waals surface area contributed by atoms with Crippen LogP contribution in [0.15, 0.2) is 66.9 Å². The van der Waals surface area contributed by atoms with Crippen molar-refractivity contribution in [3.8, 4) is 0 Å².